The van der Waals surface area contributed by atoms with Gasteiger partial charge in [0, 0.05) is 19.6 Å². The van der Waals surface area contributed by atoms with Gasteiger partial charge in [0.2, 0.25) is 5.91 Å². The van der Waals surface area contributed by atoms with E-state index in [1.54, 1.807) is 7.11 Å². The molecule has 1 aromatic carbocycles. The minimum atomic E-state index is -0.625. The summed E-state index contributed by atoms with van der Waals surface area (Å²) in [6.45, 7) is 1.49. The average molecular weight is 309 g/mol. The van der Waals surface area contributed by atoms with E-state index in [1.165, 1.54) is 0 Å². The molecule has 1 saturated heterocycles. The maximum absolute atomic E-state index is 11.8. The lowest BCUT2D eigenvalue weighted by Gasteiger charge is -2.33. The molecule has 6 heteroatoms. The predicted octanol–water partition coefficient (Wildman–Crippen LogP) is 0.594. The Bertz CT molecular complexity index is 453. The molecule has 0 saturated carbocycles. The van der Waals surface area contributed by atoms with E-state index in [0.717, 1.165) is 5.75 Å². The second-order valence-electron chi connectivity index (χ2n) is 5.28. The zero-order valence-electron chi connectivity index (χ0n) is 12.7. The van der Waals surface area contributed by atoms with Crippen molar-refractivity contribution in [1.82, 2.24) is 5.32 Å². The molecule has 6 nitrogen and oxygen atoms in total. The molecular weight excluding hydrogens is 286 g/mol. The van der Waals surface area contributed by atoms with Crippen LogP contribution in [-0.4, -0.2) is 56.7 Å². The molecular formula is C16H23NO5. The molecule has 1 aromatic rings. The fraction of sp³-hybridized carbons (Fsp3) is 0.562. The van der Waals surface area contributed by atoms with Crippen LogP contribution in [-0.2, 0) is 14.3 Å². The largest absolute Gasteiger partial charge is 0.493 e. The van der Waals surface area contributed by atoms with Crippen molar-refractivity contribution < 1.29 is 24.1 Å². The molecule has 1 heterocycles. The summed E-state index contributed by atoms with van der Waals surface area (Å²) in [5, 5.41) is 12.9. The summed E-state index contributed by atoms with van der Waals surface area (Å²) in [5.41, 5.74) is 0. The van der Waals surface area contributed by atoms with Crippen molar-refractivity contribution in [1.29, 1.82) is 0 Å². The Morgan fingerprint density at radius 1 is 1.36 bits per heavy atom. The van der Waals surface area contributed by atoms with Gasteiger partial charge >= 0.3 is 0 Å². The Morgan fingerprint density at radius 2 is 2.14 bits per heavy atom. The number of aliphatic hydroxyl groups excluding tert-OH is 1. The number of para-hydroxylation sites is 1. The van der Waals surface area contributed by atoms with Crippen LogP contribution in [0.25, 0.3) is 0 Å². The van der Waals surface area contributed by atoms with Gasteiger partial charge in [-0.25, -0.2) is 0 Å². The van der Waals surface area contributed by atoms with Crippen molar-refractivity contribution in [3.8, 4) is 5.75 Å². The smallest absolute Gasteiger partial charge is 0.223 e. The molecule has 0 spiro atoms. The normalized spacial score (nSPS) is 24.7. The number of methoxy groups -OCH3 is 1. The van der Waals surface area contributed by atoms with Crippen LogP contribution in [0.3, 0.4) is 0 Å². The molecule has 0 aliphatic carbocycles. The third-order valence-corrected chi connectivity index (χ3v) is 3.68. The fourth-order valence-electron chi connectivity index (χ4n) is 2.34. The topological polar surface area (TPSA) is 77.0 Å². The molecule has 1 fully saturated rings. The monoisotopic (exact) mass is 309 g/mol. The Morgan fingerprint density at radius 3 is 2.86 bits per heavy atom. The number of hydrogen-bond donors (Lipinski definition) is 2. The van der Waals surface area contributed by atoms with Gasteiger partial charge in [0.15, 0.2) is 0 Å². The molecule has 1 amide bonds. The molecule has 3 atom stereocenters. The number of amides is 1. The lowest BCUT2D eigenvalue weighted by molar-refractivity contribution is -0.136. The van der Waals surface area contributed by atoms with E-state index < -0.39 is 6.10 Å². The number of benzene rings is 1. The number of carbonyl (C=O) groups is 1. The molecule has 2 rings (SSSR count). The summed E-state index contributed by atoms with van der Waals surface area (Å²) in [6.07, 6.45) is -0.691. The van der Waals surface area contributed by atoms with Crippen LogP contribution in [0.15, 0.2) is 30.3 Å². The van der Waals surface area contributed by atoms with E-state index in [-0.39, 0.29) is 24.3 Å². The second kappa shape index (κ2) is 8.73. The molecule has 1 aliphatic rings. The summed E-state index contributed by atoms with van der Waals surface area (Å²) in [4.78, 5) is 11.8. The minimum Gasteiger partial charge on any atom is -0.493 e. The van der Waals surface area contributed by atoms with Crippen molar-refractivity contribution in [2.75, 3.05) is 33.5 Å². The Labute approximate surface area is 130 Å². The number of rotatable bonds is 7. The van der Waals surface area contributed by atoms with Gasteiger partial charge in [0.25, 0.3) is 0 Å². The Kier molecular flexibility index (Phi) is 6.64. The summed E-state index contributed by atoms with van der Waals surface area (Å²) in [6, 6.07) is 9.36. The molecule has 0 radical (unpaired) electrons. The number of aliphatic hydroxyl groups is 1. The van der Waals surface area contributed by atoms with Crippen LogP contribution >= 0.6 is 0 Å². The van der Waals surface area contributed by atoms with Crippen LogP contribution in [0.2, 0.25) is 0 Å². The standard InChI is InChI=1S/C16H23NO5/c1-20-14-11-21-10-12(16(14)19)9-17-15(18)7-8-22-13-5-3-2-4-6-13/h2-6,12,14,16,19H,7-11H2,1H3,(H,17,18)/t12-,14-,16+/m1/s1. The first kappa shape index (κ1) is 16.7. The van der Waals surface area contributed by atoms with Crippen molar-refractivity contribution in [3.05, 3.63) is 30.3 Å². The quantitative estimate of drug-likeness (QED) is 0.771. The van der Waals surface area contributed by atoms with Gasteiger partial charge in [0.05, 0.1) is 32.3 Å². The highest BCUT2D eigenvalue weighted by Gasteiger charge is 2.32. The van der Waals surface area contributed by atoms with Crippen molar-refractivity contribution in [3.63, 3.8) is 0 Å². The first-order valence-electron chi connectivity index (χ1n) is 7.44. The molecule has 0 aromatic heterocycles. The highest BCUT2D eigenvalue weighted by atomic mass is 16.5. The average Bonchev–Trinajstić information content (AvgIpc) is 2.55. The van der Waals surface area contributed by atoms with Gasteiger partial charge in [-0.2, -0.15) is 0 Å². The van der Waals surface area contributed by atoms with Crippen molar-refractivity contribution in [2.24, 2.45) is 5.92 Å². The predicted molar refractivity (Wildman–Crippen MR) is 80.7 cm³/mol. The Balaban J connectivity index is 1.65. The van der Waals surface area contributed by atoms with Gasteiger partial charge in [0.1, 0.15) is 11.9 Å². The SMILES string of the molecule is CO[C@@H]1COC[C@@H](CNC(=O)CCOc2ccccc2)[C@@H]1O. The van der Waals surface area contributed by atoms with E-state index in [2.05, 4.69) is 5.32 Å². The van der Waals surface area contributed by atoms with Gasteiger partial charge in [-0.15, -0.1) is 0 Å². The highest BCUT2D eigenvalue weighted by molar-refractivity contribution is 5.76. The molecule has 122 valence electrons. The molecule has 2 N–H and O–H groups in total. The fourth-order valence-corrected chi connectivity index (χ4v) is 2.34. The molecule has 0 unspecified atom stereocenters. The molecule has 0 bridgehead atoms. The van der Waals surface area contributed by atoms with Crippen LogP contribution in [0.5, 0.6) is 5.75 Å². The summed E-state index contributed by atoms with van der Waals surface area (Å²) in [5.74, 6) is 0.481. The lowest BCUT2D eigenvalue weighted by Crippen LogP contribution is -2.49. The zero-order valence-corrected chi connectivity index (χ0v) is 12.7. The first-order chi connectivity index (χ1) is 10.7. The van der Waals surface area contributed by atoms with Gasteiger partial charge in [-0.05, 0) is 12.1 Å². The van der Waals surface area contributed by atoms with Crippen molar-refractivity contribution >= 4 is 5.91 Å². The van der Waals surface area contributed by atoms with Crippen LogP contribution in [0.1, 0.15) is 6.42 Å². The summed E-state index contributed by atoms with van der Waals surface area (Å²) >= 11 is 0. The van der Waals surface area contributed by atoms with E-state index in [1.807, 2.05) is 30.3 Å². The summed E-state index contributed by atoms with van der Waals surface area (Å²) < 4.78 is 16.0. The van der Waals surface area contributed by atoms with E-state index in [0.29, 0.717) is 26.4 Å². The van der Waals surface area contributed by atoms with Crippen molar-refractivity contribution in [2.45, 2.75) is 18.6 Å². The van der Waals surface area contributed by atoms with Crippen LogP contribution in [0.4, 0.5) is 0 Å². The molecule has 22 heavy (non-hydrogen) atoms. The minimum absolute atomic E-state index is 0.109. The first-order valence-corrected chi connectivity index (χ1v) is 7.44. The third-order valence-electron chi connectivity index (χ3n) is 3.68. The van der Waals surface area contributed by atoms with Crippen LogP contribution in [0, 0.1) is 5.92 Å². The molecule has 1 aliphatic heterocycles. The van der Waals surface area contributed by atoms with E-state index in [4.69, 9.17) is 14.2 Å². The van der Waals surface area contributed by atoms with E-state index in [9.17, 15) is 9.90 Å². The van der Waals surface area contributed by atoms with E-state index >= 15 is 0 Å². The Hall–Kier alpha value is -1.63. The van der Waals surface area contributed by atoms with Crippen LogP contribution < -0.4 is 10.1 Å². The highest BCUT2D eigenvalue weighted by Crippen LogP contribution is 2.16. The number of hydrogen-bond acceptors (Lipinski definition) is 5. The number of carbonyl (C=O) groups excluding carboxylic acids is 1. The lowest BCUT2D eigenvalue weighted by atomic mass is 9.96. The number of nitrogens with one attached hydrogen (secondary N) is 1. The van der Waals surface area contributed by atoms with Gasteiger partial charge in [-0.1, -0.05) is 18.2 Å². The number of ether oxygens (including phenoxy) is 3. The maximum Gasteiger partial charge on any atom is 0.223 e. The second-order valence-corrected chi connectivity index (χ2v) is 5.28. The summed E-state index contributed by atoms with van der Waals surface area (Å²) in [7, 11) is 1.54. The maximum atomic E-state index is 11.8. The van der Waals surface area contributed by atoms with Gasteiger partial charge in [-0.3, -0.25) is 4.79 Å². The zero-order chi connectivity index (χ0) is 15.8. The third kappa shape index (κ3) is 4.98. The van der Waals surface area contributed by atoms with Gasteiger partial charge < -0.3 is 24.6 Å².